The van der Waals surface area contributed by atoms with Crippen LogP contribution in [0, 0.1) is 0 Å². The number of carboxylic acid groups (broad SMARTS) is 1. The second-order valence-electron chi connectivity index (χ2n) is 9.59. The Kier molecular flexibility index (Phi) is 7.81. The molecule has 0 radical (unpaired) electrons. The predicted molar refractivity (Wildman–Crippen MR) is 127 cm³/mol. The summed E-state index contributed by atoms with van der Waals surface area (Å²) in [4.78, 5) is 37.5. The molecular formula is C26H32N2O6. The summed E-state index contributed by atoms with van der Waals surface area (Å²) in [6.07, 6.45) is 1.33. The molecule has 0 aliphatic carbocycles. The summed E-state index contributed by atoms with van der Waals surface area (Å²) >= 11 is 0. The Morgan fingerprint density at radius 3 is 2.38 bits per heavy atom. The number of nitrogens with one attached hydrogen (secondary N) is 1. The third-order valence-electron chi connectivity index (χ3n) is 5.75. The molecule has 3 N–H and O–H groups in total. The van der Waals surface area contributed by atoms with Gasteiger partial charge in [-0.1, -0.05) is 30.3 Å². The van der Waals surface area contributed by atoms with Crippen LogP contribution in [0.5, 0.6) is 5.75 Å². The number of amides is 2. The van der Waals surface area contributed by atoms with Gasteiger partial charge in [0.2, 0.25) is 5.91 Å². The standard InChI is InChI=1S/C26H32N2O6/c1-26(2,3)34-25(33)27-16-18-5-4-6-20(13-18)19-9-11-28(12-10-19)23(30)15-17-7-8-21(24(31)32)22(29)14-17/h4-8,13-14,19,29H,9-12,15-16H2,1-3H3,(H,27,33)(H,31,32). The molecule has 1 aliphatic heterocycles. The van der Waals surface area contributed by atoms with Gasteiger partial charge in [0.05, 0.1) is 6.42 Å². The Bertz CT molecular complexity index is 1050. The lowest BCUT2D eigenvalue weighted by Gasteiger charge is -2.32. The van der Waals surface area contributed by atoms with Gasteiger partial charge in [-0.3, -0.25) is 4.79 Å². The second-order valence-corrected chi connectivity index (χ2v) is 9.59. The van der Waals surface area contributed by atoms with E-state index in [4.69, 9.17) is 9.84 Å². The van der Waals surface area contributed by atoms with E-state index in [0.29, 0.717) is 31.1 Å². The molecule has 3 rings (SSSR count). The van der Waals surface area contributed by atoms with Crippen LogP contribution in [0.15, 0.2) is 42.5 Å². The lowest BCUT2D eigenvalue weighted by molar-refractivity contribution is -0.131. The van der Waals surface area contributed by atoms with Crippen LogP contribution in [0.4, 0.5) is 4.79 Å². The fourth-order valence-electron chi connectivity index (χ4n) is 4.06. The Balaban J connectivity index is 1.52. The zero-order chi connectivity index (χ0) is 24.9. The minimum atomic E-state index is -1.21. The fraction of sp³-hybridized carbons (Fsp3) is 0.423. The minimum absolute atomic E-state index is 0.0452. The van der Waals surface area contributed by atoms with E-state index in [1.165, 1.54) is 17.7 Å². The van der Waals surface area contributed by atoms with E-state index in [-0.39, 0.29) is 23.6 Å². The molecule has 1 aliphatic rings. The molecule has 2 aromatic rings. The molecule has 0 atom stereocenters. The molecule has 1 fully saturated rings. The molecule has 2 aromatic carbocycles. The third kappa shape index (κ3) is 6.97. The maximum Gasteiger partial charge on any atom is 0.407 e. The van der Waals surface area contributed by atoms with Gasteiger partial charge in [0.1, 0.15) is 16.9 Å². The van der Waals surface area contributed by atoms with Gasteiger partial charge in [-0.15, -0.1) is 0 Å². The smallest absolute Gasteiger partial charge is 0.407 e. The van der Waals surface area contributed by atoms with Crippen LogP contribution in [0.2, 0.25) is 0 Å². The van der Waals surface area contributed by atoms with Gasteiger partial charge in [0, 0.05) is 19.6 Å². The number of likely N-dealkylation sites (tertiary alicyclic amines) is 1. The van der Waals surface area contributed by atoms with Crippen LogP contribution in [0.25, 0.3) is 0 Å². The number of rotatable bonds is 6. The SMILES string of the molecule is CC(C)(C)OC(=O)NCc1cccc(C2CCN(C(=O)Cc3ccc(C(=O)O)c(O)c3)CC2)c1. The van der Waals surface area contributed by atoms with Crippen molar-refractivity contribution in [3.63, 3.8) is 0 Å². The molecule has 0 unspecified atom stereocenters. The van der Waals surface area contributed by atoms with Crippen LogP contribution >= 0.6 is 0 Å². The highest BCUT2D eigenvalue weighted by Gasteiger charge is 2.24. The van der Waals surface area contributed by atoms with Crippen molar-refractivity contribution in [2.45, 2.75) is 58.1 Å². The topological polar surface area (TPSA) is 116 Å². The van der Waals surface area contributed by atoms with Crippen LogP contribution < -0.4 is 5.32 Å². The number of hydrogen-bond donors (Lipinski definition) is 3. The molecule has 2 amide bonds. The quantitative estimate of drug-likeness (QED) is 0.589. The lowest BCUT2D eigenvalue weighted by atomic mass is 9.88. The van der Waals surface area contributed by atoms with Crippen molar-refractivity contribution in [1.82, 2.24) is 10.2 Å². The molecule has 1 heterocycles. The third-order valence-corrected chi connectivity index (χ3v) is 5.75. The van der Waals surface area contributed by atoms with Crippen LogP contribution in [-0.2, 0) is 22.5 Å². The first-order chi connectivity index (χ1) is 16.0. The number of ether oxygens (including phenoxy) is 1. The molecule has 182 valence electrons. The van der Waals surface area contributed by atoms with E-state index in [1.54, 1.807) is 6.07 Å². The van der Waals surface area contributed by atoms with Crippen LogP contribution in [0.3, 0.4) is 0 Å². The van der Waals surface area contributed by atoms with E-state index in [9.17, 15) is 19.5 Å². The second kappa shape index (κ2) is 10.6. The fourth-order valence-corrected chi connectivity index (χ4v) is 4.06. The molecule has 1 saturated heterocycles. The van der Waals surface area contributed by atoms with Gasteiger partial charge in [-0.25, -0.2) is 9.59 Å². The molecule has 8 nitrogen and oxygen atoms in total. The normalized spacial score (nSPS) is 14.5. The summed E-state index contributed by atoms with van der Waals surface area (Å²) in [5.41, 5.74) is 2.04. The first kappa shape index (κ1) is 25.1. The number of phenols is 1. The van der Waals surface area contributed by atoms with Gasteiger partial charge in [0.15, 0.2) is 0 Å². The average Bonchev–Trinajstić information content (AvgIpc) is 2.76. The van der Waals surface area contributed by atoms with Gasteiger partial charge in [0.25, 0.3) is 0 Å². The summed E-state index contributed by atoms with van der Waals surface area (Å²) in [5, 5.41) is 21.6. The maximum absolute atomic E-state index is 12.7. The van der Waals surface area contributed by atoms with E-state index in [2.05, 4.69) is 17.4 Å². The number of hydrogen-bond acceptors (Lipinski definition) is 5. The number of aromatic carboxylic acids is 1. The zero-order valence-electron chi connectivity index (χ0n) is 19.8. The molecule has 8 heteroatoms. The number of benzene rings is 2. The van der Waals surface area contributed by atoms with Gasteiger partial charge in [-0.2, -0.15) is 0 Å². The lowest BCUT2D eigenvalue weighted by Crippen LogP contribution is -2.38. The number of piperidine rings is 1. The monoisotopic (exact) mass is 468 g/mol. The number of carbonyl (C=O) groups is 3. The largest absolute Gasteiger partial charge is 0.507 e. The summed E-state index contributed by atoms with van der Waals surface area (Å²) in [6.45, 7) is 7.11. The van der Waals surface area contributed by atoms with E-state index < -0.39 is 17.7 Å². The van der Waals surface area contributed by atoms with Crippen molar-refractivity contribution in [2.75, 3.05) is 13.1 Å². The van der Waals surface area contributed by atoms with E-state index >= 15 is 0 Å². The first-order valence-corrected chi connectivity index (χ1v) is 11.4. The molecule has 0 saturated carbocycles. The number of aromatic hydroxyl groups is 1. The summed E-state index contributed by atoms with van der Waals surface area (Å²) in [5.74, 6) is -1.26. The minimum Gasteiger partial charge on any atom is -0.507 e. The zero-order valence-corrected chi connectivity index (χ0v) is 19.8. The highest BCUT2D eigenvalue weighted by Crippen LogP contribution is 2.29. The van der Waals surface area contributed by atoms with Crippen LogP contribution in [-0.4, -0.2) is 51.8 Å². The Morgan fingerprint density at radius 1 is 1.06 bits per heavy atom. The van der Waals surface area contributed by atoms with E-state index in [1.807, 2.05) is 37.8 Å². The maximum atomic E-state index is 12.7. The van der Waals surface area contributed by atoms with Crippen molar-refractivity contribution in [3.05, 3.63) is 64.7 Å². The number of carboxylic acids is 1. The molecule has 0 bridgehead atoms. The molecule has 34 heavy (non-hydrogen) atoms. The van der Waals surface area contributed by atoms with Gasteiger partial charge in [-0.05, 0) is 68.4 Å². The first-order valence-electron chi connectivity index (χ1n) is 11.4. The summed E-state index contributed by atoms with van der Waals surface area (Å²) < 4.78 is 5.28. The van der Waals surface area contributed by atoms with E-state index in [0.717, 1.165) is 18.4 Å². The number of alkyl carbamates (subject to hydrolysis) is 1. The highest BCUT2D eigenvalue weighted by molar-refractivity contribution is 5.91. The van der Waals surface area contributed by atoms with Gasteiger partial charge >= 0.3 is 12.1 Å². The summed E-state index contributed by atoms with van der Waals surface area (Å²) in [7, 11) is 0. The average molecular weight is 469 g/mol. The number of nitrogens with zero attached hydrogens (tertiary/aromatic N) is 1. The summed E-state index contributed by atoms with van der Waals surface area (Å²) in [6, 6.07) is 12.3. The van der Waals surface area contributed by atoms with Crippen molar-refractivity contribution >= 4 is 18.0 Å². The van der Waals surface area contributed by atoms with Crippen molar-refractivity contribution in [2.24, 2.45) is 0 Å². The molecule has 0 spiro atoms. The van der Waals surface area contributed by atoms with Crippen molar-refractivity contribution in [3.8, 4) is 5.75 Å². The Hall–Kier alpha value is -3.55. The highest BCUT2D eigenvalue weighted by atomic mass is 16.6. The molecular weight excluding hydrogens is 436 g/mol. The van der Waals surface area contributed by atoms with Crippen molar-refractivity contribution in [1.29, 1.82) is 0 Å². The molecule has 0 aromatic heterocycles. The van der Waals surface area contributed by atoms with Crippen LogP contribution in [0.1, 0.15) is 66.6 Å². The predicted octanol–water partition coefficient (Wildman–Crippen LogP) is 4.06. The van der Waals surface area contributed by atoms with Gasteiger partial charge < -0.3 is 25.2 Å². The number of carbonyl (C=O) groups excluding carboxylic acids is 2. The van der Waals surface area contributed by atoms with Crippen molar-refractivity contribution < 1.29 is 29.3 Å². The Morgan fingerprint density at radius 2 is 1.76 bits per heavy atom. The Labute approximate surface area is 199 Å².